The number of aromatic nitrogens is 1. The van der Waals surface area contributed by atoms with Crippen LogP contribution in [0.3, 0.4) is 0 Å². The lowest BCUT2D eigenvalue weighted by Gasteiger charge is -2.29. The van der Waals surface area contributed by atoms with Crippen molar-refractivity contribution in [3.63, 3.8) is 0 Å². The highest BCUT2D eigenvalue weighted by molar-refractivity contribution is 5.48. The van der Waals surface area contributed by atoms with Gasteiger partial charge in [-0.25, -0.2) is 4.98 Å². The lowest BCUT2D eigenvalue weighted by Crippen LogP contribution is -2.33. The summed E-state index contributed by atoms with van der Waals surface area (Å²) < 4.78 is 0. The summed E-state index contributed by atoms with van der Waals surface area (Å²) in [7, 11) is 0. The zero-order valence-corrected chi connectivity index (χ0v) is 11.7. The molecule has 2 N–H and O–H groups in total. The summed E-state index contributed by atoms with van der Waals surface area (Å²) in [5, 5.41) is 0. The number of nitrogens with zero attached hydrogens (tertiary/aromatic N) is 2. The van der Waals surface area contributed by atoms with E-state index in [9.17, 15) is 0 Å². The molecule has 100 valence electrons. The standard InChI is InChI=1S/C15H25N3/c1-12-10-14(7-8-16)11-17-15(12)18-9-5-3-4-6-13(18)2/h10-11,13H,3-9,16H2,1-2H3. The van der Waals surface area contributed by atoms with Crippen molar-refractivity contribution < 1.29 is 0 Å². The second kappa shape index (κ2) is 6.19. The first-order valence-corrected chi connectivity index (χ1v) is 7.14. The SMILES string of the molecule is Cc1cc(CCN)cnc1N1CCCCCC1C. The lowest BCUT2D eigenvalue weighted by atomic mass is 10.1. The Kier molecular flexibility index (Phi) is 4.59. The molecule has 1 fully saturated rings. The van der Waals surface area contributed by atoms with Crippen LogP contribution >= 0.6 is 0 Å². The van der Waals surface area contributed by atoms with Gasteiger partial charge < -0.3 is 10.6 Å². The molecule has 1 aromatic heterocycles. The number of rotatable bonds is 3. The van der Waals surface area contributed by atoms with Crippen LogP contribution < -0.4 is 10.6 Å². The van der Waals surface area contributed by atoms with Crippen LogP contribution in [0.1, 0.15) is 43.7 Å². The second-order valence-corrected chi connectivity index (χ2v) is 5.41. The van der Waals surface area contributed by atoms with E-state index in [0.717, 1.165) is 13.0 Å². The monoisotopic (exact) mass is 247 g/mol. The molecule has 0 aromatic carbocycles. The summed E-state index contributed by atoms with van der Waals surface area (Å²) in [6.45, 7) is 6.33. The second-order valence-electron chi connectivity index (χ2n) is 5.41. The van der Waals surface area contributed by atoms with Crippen LogP contribution in [-0.4, -0.2) is 24.1 Å². The Morgan fingerprint density at radius 3 is 2.94 bits per heavy atom. The van der Waals surface area contributed by atoms with E-state index < -0.39 is 0 Å². The molecule has 1 aromatic rings. The zero-order chi connectivity index (χ0) is 13.0. The highest BCUT2D eigenvalue weighted by Gasteiger charge is 2.19. The van der Waals surface area contributed by atoms with Crippen molar-refractivity contribution in [3.8, 4) is 0 Å². The fourth-order valence-electron chi connectivity index (χ4n) is 2.82. The van der Waals surface area contributed by atoms with E-state index in [2.05, 4.69) is 29.8 Å². The van der Waals surface area contributed by atoms with Gasteiger partial charge in [0, 0.05) is 18.8 Å². The Balaban J connectivity index is 2.20. The van der Waals surface area contributed by atoms with Crippen molar-refractivity contribution >= 4 is 5.82 Å². The summed E-state index contributed by atoms with van der Waals surface area (Å²) >= 11 is 0. The third-order valence-corrected chi connectivity index (χ3v) is 3.87. The predicted octanol–water partition coefficient (Wildman–Crippen LogP) is 2.66. The van der Waals surface area contributed by atoms with Crippen LogP contribution in [0, 0.1) is 6.92 Å². The molecule has 2 rings (SSSR count). The summed E-state index contributed by atoms with van der Waals surface area (Å²) in [5.74, 6) is 1.17. The van der Waals surface area contributed by atoms with Gasteiger partial charge in [0.2, 0.25) is 0 Å². The Hall–Kier alpha value is -1.09. The van der Waals surface area contributed by atoms with Crippen molar-refractivity contribution in [1.82, 2.24) is 4.98 Å². The molecule has 3 heteroatoms. The summed E-state index contributed by atoms with van der Waals surface area (Å²) in [4.78, 5) is 7.16. The molecule has 0 amide bonds. The van der Waals surface area contributed by atoms with E-state index in [4.69, 9.17) is 5.73 Å². The maximum Gasteiger partial charge on any atom is 0.131 e. The molecule has 1 aliphatic rings. The number of hydrogen-bond donors (Lipinski definition) is 1. The smallest absolute Gasteiger partial charge is 0.131 e. The number of aryl methyl sites for hydroxylation is 1. The molecule has 1 aliphatic heterocycles. The van der Waals surface area contributed by atoms with Crippen LogP contribution in [0.5, 0.6) is 0 Å². The lowest BCUT2D eigenvalue weighted by molar-refractivity contribution is 0.610. The van der Waals surface area contributed by atoms with Crippen LogP contribution in [0.4, 0.5) is 5.82 Å². The number of nitrogens with two attached hydrogens (primary N) is 1. The van der Waals surface area contributed by atoms with Crippen LogP contribution in [0.25, 0.3) is 0 Å². The minimum Gasteiger partial charge on any atom is -0.354 e. The highest BCUT2D eigenvalue weighted by atomic mass is 15.2. The van der Waals surface area contributed by atoms with Gasteiger partial charge in [0.1, 0.15) is 5.82 Å². The average Bonchev–Trinajstić information content (AvgIpc) is 2.55. The molecular formula is C15H25N3. The minimum atomic E-state index is 0.610. The van der Waals surface area contributed by atoms with Crippen LogP contribution in [0.15, 0.2) is 12.3 Å². The van der Waals surface area contributed by atoms with Crippen molar-refractivity contribution in [2.45, 2.75) is 52.0 Å². The quantitative estimate of drug-likeness (QED) is 0.893. The van der Waals surface area contributed by atoms with Crippen LogP contribution in [-0.2, 0) is 6.42 Å². The molecule has 1 unspecified atom stereocenters. The molecular weight excluding hydrogens is 222 g/mol. The van der Waals surface area contributed by atoms with Gasteiger partial charge in [0.15, 0.2) is 0 Å². The van der Waals surface area contributed by atoms with Gasteiger partial charge in [-0.1, -0.05) is 18.9 Å². The Bertz CT molecular complexity index is 389. The molecule has 2 heterocycles. The van der Waals surface area contributed by atoms with Gasteiger partial charge in [-0.05, 0) is 50.8 Å². The Morgan fingerprint density at radius 1 is 1.39 bits per heavy atom. The number of anilines is 1. The van der Waals surface area contributed by atoms with E-state index >= 15 is 0 Å². The van der Waals surface area contributed by atoms with E-state index in [1.807, 2.05) is 6.20 Å². The molecule has 1 saturated heterocycles. The maximum absolute atomic E-state index is 5.60. The number of pyridine rings is 1. The zero-order valence-electron chi connectivity index (χ0n) is 11.7. The Morgan fingerprint density at radius 2 is 2.22 bits per heavy atom. The maximum atomic E-state index is 5.60. The normalized spacial score (nSPS) is 20.8. The topological polar surface area (TPSA) is 42.1 Å². The van der Waals surface area contributed by atoms with Crippen molar-refractivity contribution in [3.05, 3.63) is 23.4 Å². The molecule has 0 radical (unpaired) electrons. The van der Waals surface area contributed by atoms with Crippen LogP contribution in [0.2, 0.25) is 0 Å². The van der Waals surface area contributed by atoms with E-state index in [1.165, 1.54) is 42.6 Å². The van der Waals surface area contributed by atoms with Gasteiger partial charge >= 0.3 is 0 Å². The first kappa shape index (κ1) is 13.3. The third kappa shape index (κ3) is 3.02. The summed E-state index contributed by atoms with van der Waals surface area (Å²) in [6, 6.07) is 2.85. The number of hydrogen-bond acceptors (Lipinski definition) is 3. The molecule has 0 aliphatic carbocycles. The third-order valence-electron chi connectivity index (χ3n) is 3.87. The van der Waals surface area contributed by atoms with E-state index in [-0.39, 0.29) is 0 Å². The van der Waals surface area contributed by atoms with Crippen molar-refractivity contribution in [2.75, 3.05) is 18.0 Å². The molecule has 0 bridgehead atoms. The van der Waals surface area contributed by atoms with Gasteiger partial charge in [0.05, 0.1) is 0 Å². The minimum absolute atomic E-state index is 0.610. The summed E-state index contributed by atoms with van der Waals surface area (Å²) in [6.07, 6.45) is 8.19. The fraction of sp³-hybridized carbons (Fsp3) is 0.667. The predicted molar refractivity (Wildman–Crippen MR) is 77.0 cm³/mol. The van der Waals surface area contributed by atoms with Gasteiger partial charge in [-0.15, -0.1) is 0 Å². The summed E-state index contributed by atoms with van der Waals surface area (Å²) in [5.41, 5.74) is 8.13. The van der Waals surface area contributed by atoms with E-state index in [0.29, 0.717) is 12.6 Å². The van der Waals surface area contributed by atoms with Crippen molar-refractivity contribution in [1.29, 1.82) is 0 Å². The highest BCUT2D eigenvalue weighted by Crippen LogP contribution is 2.25. The van der Waals surface area contributed by atoms with Gasteiger partial charge in [-0.3, -0.25) is 0 Å². The molecule has 0 spiro atoms. The first-order valence-electron chi connectivity index (χ1n) is 7.14. The molecule has 3 nitrogen and oxygen atoms in total. The van der Waals surface area contributed by atoms with E-state index in [1.54, 1.807) is 0 Å². The molecule has 0 saturated carbocycles. The largest absolute Gasteiger partial charge is 0.354 e. The Labute approximate surface area is 110 Å². The van der Waals surface area contributed by atoms with Gasteiger partial charge in [0.25, 0.3) is 0 Å². The van der Waals surface area contributed by atoms with Gasteiger partial charge in [-0.2, -0.15) is 0 Å². The van der Waals surface area contributed by atoms with Crippen molar-refractivity contribution in [2.24, 2.45) is 5.73 Å². The fourth-order valence-corrected chi connectivity index (χ4v) is 2.82. The molecule has 18 heavy (non-hydrogen) atoms. The average molecular weight is 247 g/mol. The molecule has 1 atom stereocenters. The first-order chi connectivity index (χ1) is 8.72.